The molecular formula is C29H33ClF2N8O. The Bertz CT molecular complexity index is 1450. The van der Waals surface area contributed by atoms with Gasteiger partial charge in [0.25, 0.3) is 0 Å². The number of nitrogen functional groups attached to an aromatic ring is 1. The Morgan fingerprint density at radius 2 is 1.73 bits per heavy atom. The summed E-state index contributed by atoms with van der Waals surface area (Å²) in [6.07, 6.45) is 5.88. The van der Waals surface area contributed by atoms with Crippen LogP contribution >= 0.6 is 12.4 Å². The molecule has 2 aromatic heterocycles. The Hall–Kier alpha value is -4.06. The fourth-order valence-corrected chi connectivity index (χ4v) is 4.79. The average Bonchev–Trinajstić information content (AvgIpc) is 3.31. The van der Waals surface area contributed by atoms with Crippen LogP contribution in [-0.2, 0) is 0 Å². The molecule has 3 heterocycles. The molecule has 4 N–H and O–H groups in total. The van der Waals surface area contributed by atoms with E-state index in [9.17, 15) is 13.9 Å². The van der Waals surface area contributed by atoms with Gasteiger partial charge in [0.1, 0.15) is 17.5 Å². The van der Waals surface area contributed by atoms with Crippen LogP contribution in [0.3, 0.4) is 0 Å². The molecule has 0 aliphatic carbocycles. The first-order valence-electron chi connectivity index (χ1n) is 13.1. The number of aromatic nitrogens is 4. The van der Waals surface area contributed by atoms with Gasteiger partial charge in [0, 0.05) is 56.1 Å². The number of aliphatic hydroxyl groups excluding tert-OH is 1. The van der Waals surface area contributed by atoms with E-state index in [1.807, 2.05) is 48.2 Å². The SMILES string of the molecule is Cc1c(/C=C/CN2CCN(c3cc(F)cc(F)c3)CC2)cnn1-c1cc(N[C@H](CO)c2ccccc2)nc(N)n1.Cl. The standard InChI is InChI=1S/C29H32F2N8O.ClH/c1-20-22(8-5-9-37-10-12-38(13-11-37)25-15-23(30)14-24(31)16-25)18-33-39(20)28-17-27(35-29(32)36-28)34-26(19-40)21-6-3-2-4-7-21;/h2-8,14-18,26,40H,9-13,19H2,1H3,(H3,32,34,35,36);1H/b8-5+;/t26-;/m1./s1. The second-order valence-corrected chi connectivity index (χ2v) is 9.67. The number of hydrogen-bond donors (Lipinski definition) is 3. The summed E-state index contributed by atoms with van der Waals surface area (Å²) in [5.74, 6) is -0.0268. The molecule has 0 bridgehead atoms. The van der Waals surface area contributed by atoms with Crippen LogP contribution in [0.15, 0.2) is 66.9 Å². The molecule has 1 aliphatic heterocycles. The van der Waals surface area contributed by atoms with Crippen molar-refractivity contribution in [1.82, 2.24) is 24.6 Å². The van der Waals surface area contributed by atoms with Crippen molar-refractivity contribution >= 4 is 35.9 Å². The van der Waals surface area contributed by atoms with E-state index in [4.69, 9.17) is 5.73 Å². The van der Waals surface area contributed by atoms with Gasteiger partial charge in [-0.3, -0.25) is 4.90 Å². The molecule has 1 aliphatic rings. The van der Waals surface area contributed by atoms with Gasteiger partial charge in [-0.25, -0.2) is 13.5 Å². The average molecular weight is 583 g/mol. The summed E-state index contributed by atoms with van der Waals surface area (Å²) < 4.78 is 28.9. The molecule has 0 unspecified atom stereocenters. The summed E-state index contributed by atoms with van der Waals surface area (Å²) in [5.41, 5.74) is 9.34. The van der Waals surface area contributed by atoms with Crippen LogP contribution in [0.4, 0.5) is 26.2 Å². The molecule has 1 fully saturated rings. The van der Waals surface area contributed by atoms with E-state index in [1.165, 1.54) is 12.1 Å². The third kappa shape index (κ3) is 7.37. The molecule has 5 rings (SSSR count). The van der Waals surface area contributed by atoms with E-state index in [0.29, 0.717) is 30.4 Å². The van der Waals surface area contributed by atoms with Crippen molar-refractivity contribution < 1.29 is 13.9 Å². The Labute approximate surface area is 243 Å². The van der Waals surface area contributed by atoms with Gasteiger partial charge in [-0.2, -0.15) is 15.1 Å². The van der Waals surface area contributed by atoms with Crippen molar-refractivity contribution in [3.8, 4) is 5.82 Å². The zero-order chi connectivity index (χ0) is 28.1. The van der Waals surface area contributed by atoms with Crippen molar-refractivity contribution in [1.29, 1.82) is 0 Å². The molecule has 9 nitrogen and oxygen atoms in total. The van der Waals surface area contributed by atoms with E-state index in [0.717, 1.165) is 42.5 Å². The van der Waals surface area contributed by atoms with Gasteiger partial charge in [0.05, 0.1) is 24.5 Å². The second kappa shape index (κ2) is 13.5. The fraction of sp³-hybridized carbons (Fsp3) is 0.276. The van der Waals surface area contributed by atoms with Gasteiger partial charge in [-0.05, 0) is 24.6 Å². The second-order valence-electron chi connectivity index (χ2n) is 9.67. The molecule has 12 heteroatoms. The lowest BCUT2D eigenvalue weighted by Gasteiger charge is -2.35. The van der Waals surface area contributed by atoms with E-state index in [2.05, 4.69) is 31.4 Å². The number of piperazine rings is 1. The number of nitrogens with zero attached hydrogens (tertiary/aromatic N) is 6. The first kappa shape index (κ1) is 29.9. The molecule has 1 atom stereocenters. The number of anilines is 3. The normalized spacial score (nSPS) is 14.7. The predicted molar refractivity (Wildman–Crippen MR) is 159 cm³/mol. The maximum Gasteiger partial charge on any atom is 0.224 e. The van der Waals surface area contributed by atoms with E-state index in [1.54, 1.807) is 16.9 Å². The van der Waals surface area contributed by atoms with Crippen LogP contribution in [-0.4, -0.2) is 69.1 Å². The number of nitrogens with two attached hydrogens (primary N) is 1. The Balaban J connectivity index is 0.00000387. The lowest BCUT2D eigenvalue weighted by Crippen LogP contribution is -2.46. The molecule has 0 radical (unpaired) electrons. The molecular weight excluding hydrogens is 550 g/mol. The van der Waals surface area contributed by atoms with E-state index in [-0.39, 0.29) is 31.0 Å². The minimum absolute atomic E-state index is 0. The summed E-state index contributed by atoms with van der Waals surface area (Å²) >= 11 is 0. The number of halogens is 3. The van der Waals surface area contributed by atoms with Crippen molar-refractivity contribution in [2.45, 2.75) is 13.0 Å². The van der Waals surface area contributed by atoms with E-state index >= 15 is 0 Å². The molecule has 216 valence electrons. The lowest BCUT2D eigenvalue weighted by atomic mass is 10.1. The van der Waals surface area contributed by atoms with Crippen molar-refractivity contribution in [2.24, 2.45) is 0 Å². The molecule has 41 heavy (non-hydrogen) atoms. The third-order valence-corrected chi connectivity index (χ3v) is 6.95. The third-order valence-electron chi connectivity index (χ3n) is 6.95. The monoisotopic (exact) mass is 582 g/mol. The topological polar surface area (TPSA) is 108 Å². The summed E-state index contributed by atoms with van der Waals surface area (Å²) in [5, 5.41) is 17.6. The quantitative estimate of drug-likeness (QED) is 0.269. The number of aliphatic hydroxyl groups is 1. The first-order chi connectivity index (χ1) is 19.4. The zero-order valence-electron chi connectivity index (χ0n) is 22.6. The van der Waals surface area contributed by atoms with Gasteiger partial charge < -0.3 is 21.1 Å². The van der Waals surface area contributed by atoms with Crippen molar-refractivity contribution in [3.05, 3.63) is 95.3 Å². The minimum Gasteiger partial charge on any atom is -0.394 e. The number of benzene rings is 2. The highest BCUT2D eigenvalue weighted by molar-refractivity contribution is 5.85. The molecule has 2 aromatic carbocycles. The lowest BCUT2D eigenvalue weighted by molar-refractivity contribution is 0.276. The Morgan fingerprint density at radius 1 is 1.02 bits per heavy atom. The van der Waals surface area contributed by atoms with Gasteiger partial charge in [0.15, 0.2) is 5.82 Å². The smallest absolute Gasteiger partial charge is 0.224 e. The highest BCUT2D eigenvalue weighted by Crippen LogP contribution is 2.22. The largest absolute Gasteiger partial charge is 0.394 e. The summed E-state index contributed by atoms with van der Waals surface area (Å²) in [4.78, 5) is 12.9. The zero-order valence-corrected chi connectivity index (χ0v) is 23.4. The summed E-state index contributed by atoms with van der Waals surface area (Å²) in [6, 6.07) is 14.6. The highest BCUT2D eigenvalue weighted by atomic mass is 35.5. The van der Waals surface area contributed by atoms with Crippen molar-refractivity contribution in [3.63, 3.8) is 0 Å². The maximum atomic E-state index is 13.6. The Kier molecular flexibility index (Phi) is 9.87. The van der Waals surface area contributed by atoms with Gasteiger partial charge in [-0.15, -0.1) is 12.4 Å². The van der Waals surface area contributed by atoms with Crippen LogP contribution in [0.2, 0.25) is 0 Å². The van der Waals surface area contributed by atoms with Crippen LogP contribution in [0.1, 0.15) is 22.9 Å². The van der Waals surface area contributed by atoms with Crippen LogP contribution in [0, 0.1) is 18.6 Å². The maximum absolute atomic E-state index is 13.6. The van der Waals surface area contributed by atoms with Crippen LogP contribution < -0.4 is 16.0 Å². The molecule has 0 spiro atoms. The fourth-order valence-electron chi connectivity index (χ4n) is 4.79. The summed E-state index contributed by atoms with van der Waals surface area (Å²) in [6.45, 7) is 5.55. The van der Waals surface area contributed by atoms with Gasteiger partial charge in [-0.1, -0.05) is 42.5 Å². The Morgan fingerprint density at radius 3 is 2.41 bits per heavy atom. The summed E-state index contributed by atoms with van der Waals surface area (Å²) in [7, 11) is 0. The van der Waals surface area contributed by atoms with E-state index < -0.39 is 11.6 Å². The van der Waals surface area contributed by atoms with Gasteiger partial charge in [0.2, 0.25) is 5.95 Å². The number of nitrogens with one attached hydrogen (secondary N) is 1. The first-order valence-corrected chi connectivity index (χ1v) is 13.1. The molecule has 0 saturated carbocycles. The minimum atomic E-state index is -0.560. The van der Waals surface area contributed by atoms with Gasteiger partial charge >= 0.3 is 0 Å². The highest BCUT2D eigenvalue weighted by Gasteiger charge is 2.18. The van der Waals surface area contributed by atoms with Crippen molar-refractivity contribution in [2.75, 3.05) is 55.3 Å². The molecule has 4 aromatic rings. The van der Waals surface area contributed by atoms with Crippen LogP contribution in [0.5, 0.6) is 0 Å². The predicted octanol–water partition coefficient (Wildman–Crippen LogP) is 4.23. The number of rotatable bonds is 9. The molecule has 1 saturated heterocycles. The molecule has 0 amide bonds. The number of hydrogen-bond acceptors (Lipinski definition) is 8. The van der Waals surface area contributed by atoms with Crippen LogP contribution in [0.25, 0.3) is 11.9 Å².